The molecular weight excluding hydrogens is 546 g/mol. The molecule has 0 aromatic rings. The topological polar surface area (TPSA) is 175 Å². The van der Waals surface area contributed by atoms with Crippen molar-refractivity contribution in [3.05, 3.63) is 22.9 Å². The van der Waals surface area contributed by atoms with E-state index in [1.165, 1.54) is 44.6 Å². The summed E-state index contributed by atoms with van der Waals surface area (Å²) < 4.78 is 17.6. The second-order valence-electron chi connectivity index (χ2n) is 11.9. The molecule has 1 saturated heterocycles. The van der Waals surface area contributed by atoms with Crippen LogP contribution < -0.4 is 5.32 Å². The Balaban J connectivity index is 1.56. The lowest BCUT2D eigenvalue weighted by molar-refractivity contribution is -0.319. The van der Waals surface area contributed by atoms with Gasteiger partial charge in [0.1, 0.15) is 18.3 Å². The van der Waals surface area contributed by atoms with Crippen LogP contribution in [0.3, 0.4) is 0 Å². The molecule has 0 aromatic heterocycles. The van der Waals surface area contributed by atoms with Crippen molar-refractivity contribution in [3.63, 3.8) is 0 Å². The summed E-state index contributed by atoms with van der Waals surface area (Å²) in [7, 11) is 1.64. The Morgan fingerprint density at radius 3 is 2.25 bits per heavy atom. The van der Waals surface area contributed by atoms with E-state index in [-0.39, 0.29) is 11.5 Å². The number of aliphatic carboxylic acids is 1. The Morgan fingerprint density at radius 2 is 1.77 bits per heavy atom. The molecule has 1 aliphatic heterocycles. The molecule has 40 heavy (non-hydrogen) atoms. The fourth-order valence-electron chi connectivity index (χ4n) is 7.53. The van der Waals surface area contributed by atoms with Crippen molar-refractivity contribution in [2.24, 2.45) is 23.7 Å². The first-order valence-electron chi connectivity index (χ1n) is 14.0. The van der Waals surface area contributed by atoms with Crippen LogP contribution in [-0.4, -0.2) is 93.5 Å². The van der Waals surface area contributed by atoms with E-state index < -0.39 is 67.3 Å². The van der Waals surface area contributed by atoms with E-state index >= 15 is 0 Å². The highest BCUT2D eigenvalue weighted by Gasteiger charge is 2.57. The van der Waals surface area contributed by atoms with Gasteiger partial charge in [-0.05, 0) is 67.8 Å². The fourth-order valence-corrected chi connectivity index (χ4v) is 7.69. The number of amides is 1. The minimum atomic E-state index is -2.50. The van der Waals surface area contributed by atoms with Gasteiger partial charge in [-0.15, -0.1) is 0 Å². The second-order valence-corrected chi connectivity index (χ2v) is 12.3. The average molecular weight is 588 g/mol. The predicted octanol–water partition coefficient (Wildman–Crippen LogP) is 1.41. The first kappa shape index (κ1) is 31.2. The molecule has 4 aliphatic carbocycles. The summed E-state index contributed by atoms with van der Waals surface area (Å²) in [5, 5.41) is 53.6. The van der Waals surface area contributed by atoms with Crippen molar-refractivity contribution in [3.8, 4) is 0 Å². The summed E-state index contributed by atoms with van der Waals surface area (Å²) in [5.74, 6) is -1.26. The summed E-state index contributed by atoms with van der Waals surface area (Å²) in [5.41, 5.74) is 1.35. The summed E-state index contributed by atoms with van der Waals surface area (Å²) in [4.78, 5) is 24.3. The lowest BCUT2D eigenvalue weighted by Gasteiger charge is -2.52. The third-order valence-corrected chi connectivity index (χ3v) is 9.33. The molecule has 7 atom stereocenters. The van der Waals surface area contributed by atoms with Gasteiger partial charge < -0.3 is 45.1 Å². The second kappa shape index (κ2) is 12.6. The van der Waals surface area contributed by atoms with Gasteiger partial charge >= 0.3 is 5.97 Å². The van der Waals surface area contributed by atoms with Crippen LogP contribution in [0.1, 0.15) is 58.3 Å². The number of allylic oxidation sites excluding steroid dienone is 2. The molecule has 12 heteroatoms. The number of carbonyl (C=O) groups is 2. The number of nitrogens with one attached hydrogen (secondary N) is 1. The number of rotatable bonds is 12. The monoisotopic (exact) mass is 587 g/mol. The van der Waals surface area contributed by atoms with Crippen LogP contribution in [-0.2, 0) is 23.8 Å². The number of carbonyl (C=O) groups excluding carboxylic acids is 1. The predicted molar refractivity (Wildman–Crippen MR) is 143 cm³/mol. The lowest BCUT2D eigenvalue weighted by atomic mass is 9.54. The smallest absolute Gasteiger partial charge is 0.364 e. The first-order chi connectivity index (χ1) is 18.9. The summed E-state index contributed by atoms with van der Waals surface area (Å²) in [6, 6.07) is -1.29. The number of carboxylic acids is 1. The third-order valence-electron chi connectivity index (χ3n) is 9.09. The first-order valence-corrected chi connectivity index (χ1v) is 14.4. The number of carboxylic acid groups (broad SMARTS) is 1. The molecule has 4 saturated carbocycles. The van der Waals surface area contributed by atoms with Gasteiger partial charge in [0.2, 0.25) is 5.91 Å². The maximum absolute atomic E-state index is 12.6. The Labute approximate surface area is 239 Å². The van der Waals surface area contributed by atoms with Gasteiger partial charge in [0, 0.05) is 24.8 Å². The molecule has 5 rings (SSSR count). The van der Waals surface area contributed by atoms with E-state index in [9.17, 15) is 35.1 Å². The quantitative estimate of drug-likeness (QED) is 0.183. The molecule has 0 spiro atoms. The van der Waals surface area contributed by atoms with Crippen molar-refractivity contribution in [1.29, 1.82) is 0 Å². The highest BCUT2D eigenvalue weighted by molar-refractivity contribution is 6.29. The van der Waals surface area contributed by atoms with E-state index in [4.69, 9.17) is 25.8 Å². The fraction of sp³-hybridized carbons (Fsp3) is 0.786. The maximum Gasteiger partial charge on any atom is 0.364 e. The molecule has 0 radical (unpaired) electrons. The molecule has 5 fully saturated rings. The zero-order chi connectivity index (χ0) is 29.4. The van der Waals surface area contributed by atoms with Crippen LogP contribution in [0.2, 0.25) is 0 Å². The largest absolute Gasteiger partial charge is 0.501 e. The average Bonchev–Trinajstić information content (AvgIpc) is 2.88. The molecule has 0 aromatic carbocycles. The van der Waals surface area contributed by atoms with E-state index in [1.54, 1.807) is 7.11 Å². The van der Waals surface area contributed by atoms with Gasteiger partial charge in [-0.1, -0.05) is 18.2 Å². The Hall–Kier alpha value is -1.73. The number of ether oxygens (including phenoxy) is 3. The molecule has 1 heterocycles. The van der Waals surface area contributed by atoms with Crippen LogP contribution in [0.5, 0.6) is 0 Å². The Kier molecular flexibility index (Phi) is 9.87. The molecule has 5 aliphatic rings. The van der Waals surface area contributed by atoms with Crippen LogP contribution in [0.15, 0.2) is 22.9 Å². The summed E-state index contributed by atoms with van der Waals surface area (Å²) in [6.45, 7) is 4.07. The van der Waals surface area contributed by atoms with Crippen molar-refractivity contribution < 1.29 is 49.3 Å². The zero-order valence-electron chi connectivity index (χ0n) is 23.0. The van der Waals surface area contributed by atoms with Crippen molar-refractivity contribution in [2.75, 3.05) is 13.7 Å². The van der Waals surface area contributed by atoms with Gasteiger partial charge in [0.05, 0.1) is 37.7 Å². The van der Waals surface area contributed by atoms with Crippen LogP contribution in [0.25, 0.3) is 0 Å². The third kappa shape index (κ3) is 6.35. The minimum Gasteiger partial charge on any atom is -0.501 e. The van der Waals surface area contributed by atoms with Crippen LogP contribution in [0.4, 0.5) is 0 Å². The van der Waals surface area contributed by atoms with E-state index in [1.807, 2.05) is 0 Å². The number of aliphatic hydroxyl groups excluding tert-OH is 4. The molecule has 6 N–H and O–H groups in total. The van der Waals surface area contributed by atoms with Gasteiger partial charge in [-0.3, -0.25) is 4.79 Å². The van der Waals surface area contributed by atoms with Gasteiger partial charge in [-0.25, -0.2) is 4.79 Å². The highest BCUT2D eigenvalue weighted by Crippen LogP contribution is 2.57. The zero-order valence-corrected chi connectivity index (χ0v) is 23.8. The standard InChI is InChI=1S/C28H42ClNO10/c1-13(29)21(4-5-22(38-3)23-17-7-15-6-16(9-17)10-18(23)8-15)39-28(27(36)37)11-19(33)24(30-14(2)32)26(40-28)25(35)20(34)12-31/h15-21,24-26,31,33-35H,1,4-12H2,2-3H3,(H,30,32)(H,36,37). The maximum atomic E-state index is 12.6. The van der Waals surface area contributed by atoms with E-state index in [0.29, 0.717) is 18.3 Å². The Morgan fingerprint density at radius 1 is 1.18 bits per heavy atom. The normalized spacial score (nSPS) is 37.0. The van der Waals surface area contributed by atoms with Crippen molar-refractivity contribution in [1.82, 2.24) is 5.32 Å². The number of hydrogen-bond donors (Lipinski definition) is 6. The van der Waals surface area contributed by atoms with Crippen molar-refractivity contribution >= 4 is 23.5 Å². The Bertz CT molecular complexity index is 974. The minimum absolute atomic E-state index is 0.0146. The van der Waals surface area contributed by atoms with Gasteiger partial charge in [-0.2, -0.15) is 0 Å². The van der Waals surface area contributed by atoms with E-state index in [2.05, 4.69) is 11.9 Å². The molecule has 4 bridgehead atoms. The van der Waals surface area contributed by atoms with Gasteiger partial charge in [0.25, 0.3) is 5.79 Å². The number of hydrogen-bond acceptors (Lipinski definition) is 9. The molecular formula is C28H42ClNO10. The number of aliphatic hydroxyl groups is 4. The molecule has 11 nitrogen and oxygen atoms in total. The summed E-state index contributed by atoms with van der Waals surface area (Å²) in [6.07, 6.45) is -1.79. The SMILES string of the molecule is C=C(Cl)C(CCC(OC)=C1C2CC3CC(C2)CC1C3)OC1(C(=O)O)CC(O)C(NC(C)=O)C(C(O)C(O)CO)O1. The molecule has 7 unspecified atom stereocenters. The molecule has 226 valence electrons. The molecule has 1 amide bonds. The van der Waals surface area contributed by atoms with Gasteiger partial charge in [0.15, 0.2) is 0 Å². The summed E-state index contributed by atoms with van der Waals surface area (Å²) >= 11 is 6.30. The van der Waals surface area contributed by atoms with Crippen LogP contribution in [0, 0.1) is 23.7 Å². The highest BCUT2D eigenvalue weighted by atomic mass is 35.5. The van der Waals surface area contributed by atoms with E-state index in [0.717, 1.165) is 17.6 Å². The number of methoxy groups -OCH3 is 1. The van der Waals surface area contributed by atoms with Crippen molar-refractivity contribution in [2.45, 2.75) is 101 Å². The lowest BCUT2D eigenvalue weighted by Crippen LogP contribution is -2.68. The van der Waals surface area contributed by atoms with Crippen LogP contribution >= 0.6 is 11.6 Å². The number of halogens is 1.